The number of aromatic nitrogens is 1. The normalized spacial score (nSPS) is 10.7. The minimum atomic E-state index is -1.13. The van der Waals surface area contributed by atoms with Crippen molar-refractivity contribution in [1.82, 2.24) is 10.3 Å². The molecule has 2 aromatic heterocycles. The van der Waals surface area contributed by atoms with E-state index in [9.17, 15) is 9.59 Å². The molecule has 1 amide bonds. The molecule has 106 valence electrons. The number of carboxylic acid groups (broad SMARTS) is 1. The number of hydrogen-bond acceptors (Lipinski definition) is 3. The SMILES string of the molecule is O=C(O)c1ccc(CNC(=O)c2c[nH]c3ccccc23)o1. The smallest absolute Gasteiger partial charge is 0.371 e. The van der Waals surface area contributed by atoms with Crippen LogP contribution in [-0.4, -0.2) is 22.0 Å². The summed E-state index contributed by atoms with van der Waals surface area (Å²) in [6, 6.07) is 10.4. The van der Waals surface area contributed by atoms with Gasteiger partial charge in [-0.2, -0.15) is 0 Å². The van der Waals surface area contributed by atoms with Crippen LogP contribution < -0.4 is 5.32 Å². The van der Waals surface area contributed by atoms with Crippen LogP contribution in [-0.2, 0) is 6.54 Å². The van der Waals surface area contributed by atoms with E-state index in [-0.39, 0.29) is 18.2 Å². The molecule has 0 aliphatic carbocycles. The van der Waals surface area contributed by atoms with E-state index in [4.69, 9.17) is 9.52 Å². The van der Waals surface area contributed by atoms with E-state index < -0.39 is 5.97 Å². The molecule has 0 radical (unpaired) electrons. The zero-order valence-electron chi connectivity index (χ0n) is 10.9. The molecule has 6 nitrogen and oxygen atoms in total. The first-order chi connectivity index (χ1) is 10.1. The number of H-pyrrole nitrogens is 1. The van der Waals surface area contributed by atoms with E-state index in [1.807, 2.05) is 24.3 Å². The van der Waals surface area contributed by atoms with Gasteiger partial charge >= 0.3 is 5.97 Å². The van der Waals surface area contributed by atoms with Crippen LogP contribution in [0.15, 0.2) is 47.0 Å². The highest BCUT2D eigenvalue weighted by Crippen LogP contribution is 2.17. The van der Waals surface area contributed by atoms with Gasteiger partial charge in [0.2, 0.25) is 5.76 Å². The summed E-state index contributed by atoms with van der Waals surface area (Å²) < 4.78 is 5.08. The number of para-hydroxylation sites is 1. The molecule has 0 aliphatic rings. The van der Waals surface area contributed by atoms with Crippen molar-refractivity contribution in [2.24, 2.45) is 0 Å². The summed E-state index contributed by atoms with van der Waals surface area (Å²) in [4.78, 5) is 25.9. The Labute approximate surface area is 119 Å². The van der Waals surface area contributed by atoms with Gasteiger partial charge in [0.15, 0.2) is 0 Å². The molecular weight excluding hydrogens is 272 g/mol. The summed E-state index contributed by atoms with van der Waals surface area (Å²) in [7, 11) is 0. The number of carbonyl (C=O) groups excluding carboxylic acids is 1. The van der Waals surface area contributed by atoms with Crippen LogP contribution in [0.1, 0.15) is 26.7 Å². The van der Waals surface area contributed by atoms with E-state index in [2.05, 4.69) is 10.3 Å². The van der Waals surface area contributed by atoms with Gasteiger partial charge in [0.1, 0.15) is 5.76 Å². The summed E-state index contributed by atoms with van der Waals surface area (Å²) in [5.74, 6) is -1.14. The minimum absolute atomic E-state index is 0.131. The monoisotopic (exact) mass is 284 g/mol. The molecule has 0 saturated carbocycles. The number of carboxylic acids is 1. The molecule has 3 N–H and O–H groups in total. The van der Waals surface area contributed by atoms with Gasteiger partial charge < -0.3 is 19.8 Å². The summed E-state index contributed by atoms with van der Waals surface area (Å²) in [5, 5.41) is 12.3. The topological polar surface area (TPSA) is 95.3 Å². The van der Waals surface area contributed by atoms with Gasteiger partial charge in [-0.1, -0.05) is 18.2 Å². The minimum Gasteiger partial charge on any atom is -0.475 e. The predicted molar refractivity (Wildman–Crippen MR) is 75.1 cm³/mol. The molecule has 0 aliphatic heterocycles. The van der Waals surface area contributed by atoms with Crippen molar-refractivity contribution < 1.29 is 19.1 Å². The number of furan rings is 1. The Balaban J connectivity index is 1.72. The molecule has 3 aromatic rings. The Hall–Kier alpha value is -3.02. The highest BCUT2D eigenvalue weighted by atomic mass is 16.4. The Kier molecular flexibility index (Phi) is 3.19. The Bertz CT molecular complexity index is 816. The van der Waals surface area contributed by atoms with E-state index in [0.717, 1.165) is 10.9 Å². The largest absolute Gasteiger partial charge is 0.475 e. The fourth-order valence-corrected chi connectivity index (χ4v) is 2.11. The van der Waals surface area contributed by atoms with Crippen molar-refractivity contribution >= 4 is 22.8 Å². The maximum atomic E-state index is 12.1. The molecule has 3 rings (SSSR count). The Morgan fingerprint density at radius 1 is 1.19 bits per heavy atom. The van der Waals surface area contributed by atoms with E-state index in [1.165, 1.54) is 12.1 Å². The molecule has 0 unspecified atom stereocenters. The number of fused-ring (bicyclic) bond motifs is 1. The highest BCUT2D eigenvalue weighted by Gasteiger charge is 2.13. The van der Waals surface area contributed by atoms with E-state index in [1.54, 1.807) is 6.20 Å². The number of benzene rings is 1. The first-order valence-corrected chi connectivity index (χ1v) is 6.31. The molecule has 0 fully saturated rings. The van der Waals surface area contributed by atoms with Crippen molar-refractivity contribution in [3.05, 3.63) is 59.7 Å². The van der Waals surface area contributed by atoms with Crippen LogP contribution in [0.3, 0.4) is 0 Å². The van der Waals surface area contributed by atoms with Gasteiger partial charge in [-0.15, -0.1) is 0 Å². The number of aromatic amines is 1. The molecule has 21 heavy (non-hydrogen) atoms. The van der Waals surface area contributed by atoms with Crippen molar-refractivity contribution in [3.8, 4) is 0 Å². The lowest BCUT2D eigenvalue weighted by molar-refractivity contribution is 0.0660. The fraction of sp³-hybridized carbons (Fsp3) is 0.0667. The predicted octanol–water partition coefficient (Wildman–Crippen LogP) is 2.39. The van der Waals surface area contributed by atoms with Gasteiger partial charge in [-0.3, -0.25) is 4.79 Å². The third-order valence-electron chi connectivity index (χ3n) is 3.13. The quantitative estimate of drug-likeness (QED) is 0.685. The molecule has 6 heteroatoms. The standard InChI is InChI=1S/C15H12N2O4/c18-14(11-8-16-12-4-2-1-3-10(11)12)17-7-9-5-6-13(21-9)15(19)20/h1-6,8,16H,7H2,(H,17,18)(H,19,20). The summed E-state index contributed by atoms with van der Waals surface area (Å²) in [5.41, 5.74) is 1.42. The van der Waals surface area contributed by atoms with Crippen molar-refractivity contribution in [1.29, 1.82) is 0 Å². The lowest BCUT2D eigenvalue weighted by Gasteiger charge is -2.02. The lowest BCUT2D eigenvalue weighted by atomic mass is 10.1. The zero-order valence-corrected chi connectivity index (χ0v) is 10.9. The third-order valence-corrected chi connectivity index (χ3v) is 3.13. The second-order valence-corrected chi connectivity index (χ2v) is 4.50. The van der Waals surface area contributed by atoms with Crippen LogP contribution in [0, 0.1) is 0 Å². The maximum absolute atomic E-state index is 12.1. The fourth-order valence-electron chi connectivity index (χ4n) is 2.11. The molecule has 2 heterocycles. The van der Waals surface area contributed by atoms with E-state index >= 15 is 0 Å². The maximum Gasteiger partial charge on any atom is 0.371 e. The second-order valence-electron chi connectivity index (χ2n) is 4.50. The summed E-state index contributed by atoms with van der Waals surface area (Å²) >= 11 is 0. The number of carbonyl (C=O) groups is 2. The average molecular weight is 284 g/mol. The van der Waals surface area contributed by atoms with Crippen LogP contribution in [0.2, 0.25) is 0 Å². The first kappa shape index (κ1) is 13.0. The van der Waals surface area contributed by atoms with Gasteiger partial charge in [-0.05, 0) is 18.2 Å². The van der Waals surface area contributed by atoms with Gasteiger partial charge in [0.25, 0.3) is 5.91 Å². The average Bonchev–Trinajstić information content (AvgIpc) is 3.11. The molecule has 1 aromatic carbocycles. The van der Waals surface area contributed by atoms with Gasteiger partial charge in [0, 0.05) is 17.1 Å². The molecule has 0 spiro atoms. The zero-order chi connectivity index (χ0) is 14.8. The number of aromatic carboxylic acids is 1. The van der Waals surface area contributed by atoms with Crippen LogP contribution >= 0.6 is 0 Å². The van der Waals surface area contributed by atoms with Crippen LogP contribution in [0.5, 0.6) is 0 Å². The first-order valence-electron chi connectivity index (χ1n) is 6.31. The van der Waals surface area contributed by atoms with Crippen molar-refractivity contribution in [3.63, 3.8) is 0 Å². The highest BCUT2D eigenvalue weighted by molar-refractivity contribution is 6.06. The Morgan fingerprint density at radius 2 is 2.00 bits per heavy atom. The van der Waals surface area contributed by atoms with Crippen molar-refractivity contribution in [2.75, 3.05) is 0 Å². The molecule has 0 atom stereocenters. The molecular formula is C15H12N2O4. The van der Waals surface area contributed by atoms with Crippen LogP contribution in [0.4, 0.5) is 0 Å². The summed E-state index contributed by atoms with van der Waals surface area (Å²) in [6.45, 7) is 0.131. The van der Waals surface area contributed by atoms with Crippen molar-refractivity contribution in [2.45, 2.75) is 6.54 Å². The van der Waals surface area contributed by atoms with E-state index in [0.29, 0.717) is 11.3 Å². The summed E-state index contributed by atoms with van der Waals surface area (Å²) in [6.07, 6.45) is 1.64. The number of rotatable bonds is 4. The number of amides is 1. The second kappa shape index (κ2) is 5.16. The molecule has 0 bridgehead atoms. The van der Waals surface area contributed by atoms with Gasteiger partial charge in [-0.25, -0.2) is 4.79 Å². The number of hydrogen-bond donors (Lipinski definition) is 3. The van der Waals surface area contributed by atoms with Gasteiger partial charge in [0.05, 0.1) is 12.1 Å². The third kappa shape index (κ3) is 2.51. The number of nitrogens with one attached hydrogen (secondary N) is 2. The lowest BCUT2D eigenvalue weighted by Crippen LogP contribution is -2.22. The molecule has 0 saturated heterocycles. The Morgan fingerprint density at radius 3 is 2.76 bits per heavy atom. The van der Waals surface area contributed by atoms with Crippen LogP contribution in [0.25, 0.3) is 10.9 Å².